The summed E-state index contributed by atoms with van der Waals surface area (Å²) < 4.78 is 1.99. The Morgan fingerprint density at radius 1 is 1.00 bits per heavy atom. The van der Waals surface area contributed by atoms with Crippen molar-refractivity contribution >= 4 is 35.0 Å². The summed E-state index contributed by atoms with van der Waals surface area (Å²) in [5, 5.41) is 14.6. The van der Waals surface area contributed by atoms with E-state index in [-0.39, 0.29) is 17.6 Å². The summed E-state index contributed by atoms with van der Waals surface area (Å²) in [4.78, 5) is 23.9. The molecule has 29 heavy (non-hydrogen) atoms. The molecular weight excluding hydrogens is 386 g/mol. The van der Waals surface area contributed by atoms with Crippen LogP contribution in [0, 0.1) is 13.8 Å². The van der Waals surface area contributed by atoms with Crippen LogP contribution in [0.1, 0.15) is 23.9 Å². The highest BCUT2D eigenvalue weighted by molar-refractivity contribution is 7.99. The van der Waals surface area contributed by atoms with Gasteiger partial charge in [-0.25, -0.2) is 0 Å². The van der Waals surface area contributed by atoms with Gasteiger partial charge in [-0.15, -0.1) is 10.2 Å². The van der Waals surface area contributed by atoms with Crippen LogP contribution in [0.25, 0.3) is 0 Å². The van der Waals surface area contributed by atoms with Gasteiger partial charge in [0.1, 0.15) is 5.82 Å². The second-order valence-corrected chi connectivity index (χ2v) is 7.61. The minimum atomic E-state index is -0.191. The van der Waals surface area contributed by atoms with Crippen LogP contribution in [-0.4, -0.2) is 32.3 Å². The van der Waals surface area contributed by atoms with E-state index in [1.54, 1.807) is 6.07 Å². The lowest BCUT2D eigenvalue weighted by atomic mass is 10.2. The van der Waals surface area contributed by atoms with Crippen molar-refractivity contribution in [2.75, 3.05) is 16.4 Å². The van der Waals surface area contributed by atoms with Crippen molar-refractivity contribution in [2.24, 2.45) is 0 Å². The summed E-state index contributed by atoms with van der Waals surface area (Å²) >= 11 is 1.33. The van der Waals surface area contributed by atoms with E-state index in [0.29, 0.717) is 23.1 Å². The number of benzene rings is 2. The molecule has 3 rings (SSSR count). The summed E-state index contributed by atoms with van der Waals surface area (Å²) in [5.74, 6) is 0.603. The van der Waals surface area contributed by atoms with Crippen molar-refractivity contribution in [3.63, 3.8) is 0 Å². The minimum Gasteiger partial charge on any atom is -0.325 e. The van der Waals surface area contributed by atoms with Crippen LogP contribution in [-0.2, 0) is 16.1 Å². The summed E-state index contributed by atoms with van der Waals surface area (Å²) in [7, 11) is 0. The summed E-state index contributed by atoms with van der Waals surface area (Å²) in [6.07, 6.45) is 0. The molecule has 2 N–H and O–H groups in total. The first-order chi connectivity index (χ1) is 13.9. The third kappa shape index (κ3) is 5.68. The predicted octanol–water partition coefficient (Wildman–Crippen LogP) is 3.63. The number of rotatable bonds is 7. The van der Waals surface area contributed by atoms with Crippen molar-refractivity contribution in [2.45, 2.75) is 32.5 Å². The van der Waals surface area contributed by atoms with Crippen molar-refractivity contribution in [1.82, 2.24) is 14.8 Å². The lowest BCUT2D eigenvalue weighted by Crippen LogP contribution is -2.17. The SMILES string of the molecule is CC(=O)Nc1ccc(C)cc1NC(=O)CSc1nnc(C)n1Cc1ccccc1. The van der Waals surface area contributed by atoms with E-state index in [1.807, 2.05) is 60.9 Å². The monoisotopic (exact) mass is 409 g/mol. The second kappa shape index (κ2) is 9.38. The Morgan fingerprint density at radius 3 is 2.48 bits per heavy atom. The van der Waals surface area contributed by atoms with Crippen LogP contribution in [0.5, 0.6) is 0 Å². The van der Waals surface area contributed by atoms with Crippen molar-refractivity contribution in [1.29, 1.82) is 0 Å². The zero-order valence-electron chi connectivity index (χ0n) is 16.6. The molecule has 7 nitrogen and oxygen atoms in total. The molecular formula is C21H23N5O2S. The number of hydrogen-bond donors (Lipinski definition) is 2. The van der Waals surface area contributed by atoms with Crippen molar-refractivity contribution < 1.29 is 9.59 Å². The van der Waals surface area contributed by atoms with E-state index in [0.717, 1.165) is 17.0 Å². The first-order valence-corrected chi connectivity index (χ1v) is 10.2. The molecule has 0 spiro atoms. The maximum atomic E-state index is 12.5. The fourth-order valence-corrected chi connectivity index (χ4v) is 3.58. The molecule has 0 aliphatic heterocycles. The summed E-state index contributed by atoms with van der Waals surface area (Å²) in [5.41, 5.74) is 3.28. The van der Waals surface area contributed by atoms with Crippen LogP contribution in [0.2, 0.25) is 0 Å². The van der Waals surface area contributed by atoms with E-state index in [9.17, 15) is 9.59 Å². The molecule has 0 atom stereocenters. The third-order valence-electron chi connectivity index (χ3n) is 4.18. The molecule has 1 heterocycles. The zero-order valence-corrected chi connectivity index (χ0v) is 17.4. The number of carbonyl (C=O) groups is 2. The Labute approximate surface area is 173 Å². The van der Waals surface area contributed by atoms with Gasteiger partial charge in [-0.2, -0.15) is 0 Å². The van der Waals surface area contributed by atoms with E-state index < -0.39 is 0 Å². The molecule has 8 heteroatoms. The highest BCUT2D eigenvalue weighted by Gasteiger charge is 2.14. The number of aryl methyl sites for hydroxylation is 2. The largest absolute Gasteiger partial charge is 0.325 e. The molecule has 0 aliphatic carbocycles. The molecule has 2 aromatic carbocycles. The third-order valence-corrected chi connectivity index (χ3v) is 5.14. The van der Waals surface area contributed by atoms with Crippen LogP contribution < -0.4 is 10.6 Å². The molecule has 0 fully saturated rings. The van der Waals surface area contributed by atoms with Gasteiger partial charge in [-0.1, -0.05) is 48.2 Å². The maximum absolute atomic E-state index is 12.5. The maximum Gasteiger partial charge on any atom is 0.234 e. The Kier molecular flexibility index (Phi) is 6.66. The number of amides is 2. The fourth-order valence-electron chi connectivity index (χ4n) is 2.79. The van der Waals surface area contributed by atoms with Gasteiger partial charge in [0.25, 0.3) is 0 Å². The second-order valence-electron chi connectivity index (χ2n) is 6.67. The number of anilines is 2. The summed E-state index contributed by atoms with van der Waals surface area (Å²) in [6, 6.07) is 15.5. The average Bonchev–Trinajstić information content (AvgIpc) is 3.02. The normalized spacial score (nSPS) is 10.6. The van der Waals surface area contributed by atoms with Gasteiger partial charge < -0.3 is 15.2 Å². The van der Waals surface area contributed by atoms with E-state index in [4.69, 9.17) is 0 Å². The number of nitrogens with zero attached hydrogens (tertiary/aromatic N) is 3. The van der Waals surface area contributed by atoms with Gasteiger partial charge in [0, 0.05) is 6.92 Å². The quantitative estimate of drug-likeness (QED) is 0.582. The molecule has 1 aromatic heterocycles. The smallest absolute Gasteiger partial charge is 0.234 e. The standard InChI is InChI=1S/C21H23N5O2S/c1-14-9-10-18(22-16(3)27)19(11-14)23-20(28)13-29-21-25-24-15(2)26(21)12-17-7-5-4-6-8-17/h4-11H,12-13H2,1-3H3,(H,22,27)(H,23,28). The van der Waals surface area contributed by atoms with E-state index in [1.165, 1.54) is 18.7 Å². The molecule has 150 valence electrons. The fraction of sp³-hybridized carbons (Fsp3) is 0.238. The summed E-state index contributed by atoms with van der Waals surface area (Å²) in [6.45, 7) is 5.90. The number of hydrogen-bond acceptors (Lipinski definition) is 5. The lowest BCUT2D eigenvalue weighted by molar-refractivity contribution is -0.115. The predicted molar refractivity (Wildman–Crippen MR) is 115 cm³/mol. The molecule has 0 saturated carbocycles. The Hall–Kier alpha value is -3.13. The van der Waals surface area contributed by atoms with Gasteiger partial charge in [0.15, 0.2) is 5.16 Å². The zero-order chi connectivity index (χ0) is 20.8. The Balaban J connectivity index is 1.66. The number of nitrogens with one attached hydrogen (secondary N) is 2. The van der Waals surface area contributed by atoms with E-state index >= 15 is 0 Å². The number of aromatic nitrogens is 3. The van der Waals surface area contributed by atoms with Crippen molar-refractivity contribution in [3.05, 3.63) is 65.5 Å². The van der Waals surface area contributed by atoms with Crippen LogP contribution in [0.3, 0.4) is 0 Å². The highest BCUT2D eigenvalue weighted by atomic mass is 32.2. The molecule has 0 unspecified atom stereocenters. The molecule has 3 aromatic rings. The average molecular weight is 410 g/mol. The first kappa shape index (κ1) is 20.6. The van der Waals surface area contributed by atoms with Crippen LogP contribution >= 0.6 is 11.8 Å². The Morgan fingerprint density at radius 2 is 1.76 bits per heavy atom. The molecule has 2 amide bonds. The van der Waals surface area contributed by atoms with Gasteiger partial charge >= 0.3 is 0 Å². The van der Waals surface area contributed by atoms with Crippen molar-refractivity contribution in [3.8, 4) is 0 Å². The minimum absolute atomic E-state index is 0.181. The molecule has 0 bridgehead atoms. The number of carbonyl (C=O) groups excluding carboxylic acids is 2. The van der Waals surface area contributed by atoms with E-state index in [2.05, 4.69) is 20.8 Å². The highest BCUT2D eigenvalue weighted by Crippen LogP contribution is 2.24. The van der Waals surface area contributed by atoms with Gasteiger partial charge in [0.05, 0.1) is 23.7 Å². The van der Waals surface area contributed by atoms with Gasteiger partial charge in [-0.3, -0.25) is 9.59 Å². The van der Waals surface area contributed by atoms with Crippen LogP contribution in [0.15, 0.2) is 53.7 Å². The van der Waals surface area contributed by atoms with Crippen LogP contribution in [0.4, 0.5) is 11.4 Å². The van der Waals surface area contributed by atoms with Gasteiger partial charge in [0.2, 0.25) is 11.8 Å². The molecule has 0 aliphatic rings. The lowest BCUT2D eigenvalue weighted by Gasteiger charge is -2.12. The topological polar surface area (TPSA) is 88.9 Å². The Bertz CT molecular complexity index is 1020. The molecule has 0 radical (unpaired) electrons. The number of thioether (sulfide) groups is 1. The molecule has 0 saturated heterocycles. The first-order valence-electron chi connectivity index (χ1n) is 9.17. The van der Waals surface area contributed by atoms with Gasteiger partial charge in [-0.05, 0) is 37.1 Å².